The minimum absolute atomic E-state index is 0.0367. The van der Waals surface area contributed by atoms with Gasteiger partial charge in [-0.25, -0.2) is 0 Å². The van der Waals surface area contributed by atoms with Crippen LogP contribution in [0.15, 0.2) is 77.7 Å². The molecule has 3 aromatic rings. The van der Waals surface area contributed by atoms with Gasteiger partial charge in [-0.15, -0.1) is 0 Å². The average Bonchev–Trinajstić information content (AvgIpc) is 2.81. The van der Waals surface area contributed by atoms with Gasteiger partial charge in [-0.1, -0.05) is 55.5 Å². The van der Waals surface area contributed by atoms with Crippen LogP contribution < -0.4 is 21.9 Å². The maximum Gasteiger partial charge on any atom is 0.250 e. The first-order chi connectivity index (χ1) is 15.4. The monoisotopic (exact) mass is 431 g/mol. The Labute approximate surface area is 188 Å². The number of hydrogen-bond acceptors (Lipinski definition) is 5. The summed E-state index contributed by atoms with van der Waals surface area (Å²) in [7, 11) is 1.73. The largest absolute Gasteiger partial charge is 0.396 e. The summed E-state index contributed by atoms with van der Waals surface area (Å²) in [5, 5.41) is 14.9. The second-order valence-electron chi connectivity index (χ2n) is 7.35. The molecule has 0 saturated carbocycles. The number of nitrogens with one attached hydrogen (secondary N) is 2. The van der Waals surface area contributed by atoms with Crippen molar-refractivity contribution in [3.8, 4) is 6.07 Å². The summed E-state index contributed by atoms with van der Waals surface area (Å²) in [6, 6.07) is 22.3. The van der Waals surface area contributed by atoms with E-state index < -0.39 is 0 Å². The number of nitrogen functional groups attached to an aromatic ring is 1. The molecule has 0 saturated heterocycles. The molecule has 1 atom stereocenters. The number of carbonyl (C=O) groups excluding carboxylic acids is 1. The van der Waals surface area contributed by atoms with E-state index in [1.54, 1.807) is 35.9 Å². The predicted octanol–water partition coefficient (Wildman–Crippen LogP) is 3.25. The molecule has 1 aromatic heterocycles. The Balaban J connectivity index is 0.000000520. The smallest absolute Gasteiger partial charge is 0.250 e. The first-order valence-electron chi connectivity index (χ1n) is 10.4. The maximum atomic E-state index is 12.0. The van der Waals surface area contributed by atoms with Gasteiger partial charge >= 0.3 is 0 Å². The molecule has 4 N–H and O–H groups in total. The standard InChI is InChI=1S/C19H23N5O2.C6H6/c1-13(15-6-7-18(26)24(2)12-15)11-22-9-8-17(25)23-16-5-3-4-14(10-20)19(16)21;1-2-4-6-5-3-1/h3-7,12-13,22H,8-9,11,21H2,1-2H3,(H,23,25);1-6H. The highest BCUT2D eigenvalue weighted by Gasteiger charge is 2.09. The Hall–Kier alpha value is -3.89. The molecule has 0 radical (unpaired) electrons. The first kappa shape index (κ1) is 24.4. The van der Waals surface area contributed by atoms with Gasteiger partial charge in [-0.3, -0.25) is 9.59 Å². The number of aryl methyl sites for hydroxylation is 1. The molecule has 1 amide bonds. The number of pyridine rings is 1. The van der Waals surface area contributed by atoms with E-state index in [1.807, 2.05) is 54.7 Å². The van der Waals surface area contributed by atoms with Crippen LogP contribution in [0.5, 0.6) is 0 Å². The third-order valence-electron chi connectivity index (χ3n) is 4.82. The number of carbonyl (C=O) groups is 1. The van der Waals surface area contributed by atoms with Gasteiger partial charge in [0.15, 0.2) is 0 Å². The highest BCUT2D eigenvalue weighted by molar-refractivity contribution is 5.94. The Morgan fingerprint density at radius 2 is 1.75 bits per heavy atom. The minimum atomic E-state index is -0.172. The van der Waals surface area contributed by atoms with E-state index in [0.29, 0.717) is 24.3 Å². The molecule has 7 nitrogen and oxygen atoms in total. The number of nitrogens with zero attached hydrogens (tertiary/aromatic N) is 2. The van der Waals surface area contributed by atoms with Gasteiger partial charge in [-0.05, 0) is 23.6 Å². The third-order valence-corrected chi connectivity index (χ3v) is 4.82. The molecule has 0 fully saturated rings. The molecule has 0 aliphatic heterocycles. The molecule has 32 heavy (non-hydrogen) atoms. The van der Waals surface area contributed by atoms with Crippen molar-refractivity contribution in [2.45, 2.75) is 19.3 Å². The van der Waals surface area contributed by atoms with Crippen LogP contribution in [0, 0.1) is 11.3 Å². The first-order valence-corrected chi connectivity index (χ1v) is 10.4. The maximum absolute atomic E-state index is 12.0. The van der Waals surface area contributed by atoms with Crippen LogP contribution in [0.4, 0.5) is 11.4 Å². The second-order valence-corrected chi connectivity index (χ2v) is 7.35. The molecule has 2 aromatic carbocycles. The van der Waals surface area contributed by atoms with Gasteiger partial charge in [0.1, 0.15) is 6.07 Å². The van der Waals surface area contributed by atoms with Crippen molar-refractivity contribution in [3.63, 3.8) is 0 Å². The number of rotatable bonds is 7. The molecule has 0 aliphatic rings. The Bertz CT molecular complexity index is 1080. The molecule has 7 heteroatoms. The molecule has 0 bridgehead atoms. The van der Waals surface area contributed by atoms with E-state index in [0.717, 1.165) is 5.56 Å². The van der Waals surface area contributed by atoms with Crippen molar-refractivity contribution in [3.05, 3.63) is 94.4 Å². The summed E-state index contributed by atoms with van der Waals surface area (Å²) < 4.78 is 1.55. The highest BCUT2D eigenvalue weighted by atomic mass is 16.1. The molecule has 1 heterocycles. The topological polar surface area (TPSA) is 113 Å². The van der Waals surface area contributed by atoms with E-state index in [4.69, 9.17) is 11.0 Å². The molecule has 3 rings (SSSR count). The van der Waals surface area contributed by atoms with Crippen molar-refractivity contribution in [1.29, 1.82) is 5.26 Å². The van der Waals surface area contributed by atoms with Crippen LogP contribution in [-0.2, 0) is 11.8 Å². The second kappa shape index (κ2) is 12.7. The molecule has 0 spiro atoms. The molecular formula is C25H29N5O2. The minimum Gasteiger partial charge on any atom is -0.396 e. The zero-order valence-electron chi connectivity index (χ0n) is 18.4. The zero-order chi connectivity index (χ0) is 23.3. The summed E-state index contributed by atoms with van der Waals surface area (Å²) in [5.74, 6) is 0.0434. The molecule has 1 unspecified atom stereocenters. The fourth-order valence-electron chi connectivity index (χ4n) is 2.91. The van der Waals surface area contributed by atoms with Crippen LogP contribution in [0.25, 0.3) is 0 Å². The van der Waals surface area contributed by atoms with Crippen molar-refractivity contribution in [2.75, 3.05) is 24.1 Å². The lowest BCUT2D eigenvalue weighted by molar-refractivity contribution is -0.116. The Morgan fingerprint density at radius 3 is 2.34 bits per heavy atom. The summed E-state index contributed by atoms with van der Waals surface area (Å²) in [6.45, 7) is 3.26. The third kappa shape index (κ3) is 7.74. The van der Waals surface area contributed by atoms with Crippen LogP contribution >= 0.6 is 0 Å². The number of benzene rings is 2. The lowest BCUT2D eigenvalue weighted by Crippen LogP contribution is -2.26. The number of nitriles is 1. The van der Waals surface area contributed by atoms with E-state index >= 15 is 0 Å². The summed E-state index contributed by atoms with van der Waals surface area (Å²) in [4.78, 5) is 23.5. The van der Waals surface area contributed by atoms with Gasteiger partial charge in [-0.2, -0.15) is 5.26 Å². The normalized spacial score (nSPS) is 10.9. The van der Waals surface area contributed by atoms with Gasteiger partial charge in [0.05, 0.1) is 16.9 Å². The van der Waals surface area contributed by atoms with Crippen LogP contribution in [0.3, 0.4) is 0 Å². The van der Waals surface area contributed by atoms with E-state index in [1.165, 1.54) is 0 Å². The van der Waals surface area contributed by atoms with Gasteiger partial charge in [0.25, 0.3) is 0 Å². The number of anilines is 2. The number of aromatic nitrogens is 1. The van der Waals surface area contributed by atoms with Gasteiger partial charge in [0.2, 0.25) is 11.5 Å². The molecule has 166 valence electrons. The number of para-hydroxylation sites is 1. The highest BCUT2D eigenvalue weighted by Crippen LogP contribution is 2.22. The SMILES string of the molecule is CC(CNCCC(=O)Nc1cccc(C#N)c1N)c1ccc(=O)n(C)c1.c1ccccc1. The summed E-state index contributed by atoms with van der Waals surface area (Å²) in [6.07, 6.45) is 2.11. The average molecular weight is 432 g/mol. The van der Waals surface area contributed by atoms with Crippen molar-refractivity contribution in [1.82, 2.24) is 9.88 Å². The lowest BCUT2D eigenvalue weighted by atomic mass is 10.0. The Morgan fingerprint density at radius 1 is 1.09 bits per heavy atom. The number of hydrogen-bond donors (Lipinski definition) is 3. The molecule has 0 aliphatic carbocycles. The zero-order valence-corrected chi connectivity index (χ0v) is 18.4. The lowest BCUT2D eigenvalue weighted by Gasteiger charge is -2.14. The van der Waals surface area contributed by atoms with Crippen molar-refractivity contribution >= 4 is 17.3 Å². The summed E-state index contributed by atoms with van der Waals surface area (Å²) in [5.41, 5.74) is 7.94. The van der Waals surface area contributed by atoms with Crippen LogP contribution in [-0.4, -0.2) is 23.6 Å². The fourth-order valence-corrected chi connectivity index (χ4v) is 2.91. The predicted molar refractivity (Wildman–Crippen MR) is 128 cm³/mol. The quantitative estimate of drug-likeness (QED) is 0.393. The van der Waals surface area contributed by atoms with E-state index in [-0.39, 0.29) is 29.5 Å². The van der Waals surface area contributed by atoms with Crippen LogP contribution in [0.2, 0.25) is 0 Å². The van der Waals surface area contributed by atoms with Crippen molar-refractivity contribution < 1.29 is 4.79 Å². The Kier molecular flexibility index (Phi) is 9.70. The van der Waals surface area contributed by atoms with Gasteiger partial charge < -0.3 is 20.9 Å². The van der Waals surface area contributed by atoms with E-state index in [9.17, 15) is 9.59 Å². The molecular weight excluding hydrogens is 402 g/mol. The van der Waals surface area contributed by atoms with Crippen LogP contribution in [0.1, 0.15) is 30.4 Å². The summed E-state index contributed by atoms with van der Waals surface area (Å²) >= 11 is 0. The number of amides is 1. The number of nitrogens with two attached hydrogens (primary N) is 1. The van der Waals surface area contributed by atoms with Gasteiger partial charge in [0, 0.05) is 38.8 Å². The van der Waals surface area contributed by atoms with Crippen molar-refractivity contribution in [2.24, 2.45) is 7.05 Å². The van der Waals surface area contributed by atoms with E-state index in [2.05, 4.69) is 17.6 Å². The fraction of sp³-hybridized carbons (Fsp3) is 0.240.